The molecule has 1 aliphatic heterocycles. The van der Waals surface area contributed by atoms with Gasteiger partial charge in [0.25, 0.3) is 5.91 Å². The lowest BCUT2D eigenvalue weighted by molar-refractivity contribution is -0.148. The van der Waals surface area contributed by atoms with Gasteiger partial charge < -0.3 is 31.1 Å². The fourth-order valence-electron chi connectivity index (χ4n) is 6.61. The van der Waals surface area contributed by atoms with E-state index >= 15 is 0 Å². The van der Waals surface area contributed by atoms with Gasteiger partial charge in [-0.25, -0.2) is 0 Å². The third-order valence-corrected chi connectivity index (χ3v) is 11.4. The van der Waals surface area contributed by atoms with Crippen LogP contribution >= 0.6 is 23.5 Å². The Bertz CT molecular complexity index is 1670. The quantitative estimate of drug-likeness (QED) is 0.181. The lowest BCUT2D eigenvalue weighted by Crippen LogP contribution is -2.60. The van der Waals surface area contributed by atoms with E-state index in [1.807, 2.05) is 106 Å². The number of hydrogen-bond donors (Lipinski definition) is 5. The van der Waals surface area contributed by atoms with E-state index in [0.29, 0.717) is 6.42 Å². The summed E-state index contributed by atoms with van der Waals surface area (Å²) in [4.78, 5) is 56.2. The van der Waals surface area contributed by atoms with Crippen molar-refractivity contribution in [3.63, 3.8) is 0 Å². The highest BCUT2D eigenvalue weighted by atomic mass is 32.2. The topological polar surface area (TPSA) is 148 Å². The number of hydrogen-bond acceptors (Lipinski definition) is 8. The molecule has 50 heavy (non-hydrogen) atoms. The highest BCUT2D eigenvalue weighted by molar-refractivity contribution is 8.00. The molecule has 1 fully saturated rings. The Morgan fingerprint density at radius 2 is 1.64 bits per heavy atom. The molecule has 12 heteroatoms. The molecule has 0 aromatic heterocycles. The third kappa shape index (κ3) is 8.90. The maximum absolute atomic E-state index is 14.2. The Labute approximate surface area is 302 Å². The van der Waals surface area contributed by atoms with Crippen LogP contribution in [0.15, 0.2) is 78.9 Å². The molecule has 0 radical (unpaired) electrons. The standard InChI is InChI=1S/C38H46N4O6S2/c1-23-14-16-25(17-15-23)19-31(44)39-29(21-49-4)35(46)40-28(18-24-10-6-5-7-11-24)33(45)37(48)42-22-50-38(2,3)34(42)36(47)41-32-27-13-9-8-12-26(27)20-30(32)43/h5-17,28-30,32-34,43,45H,18-22H2,1-4H3,(H,39,44)(H,40,46)(H,41,47)/t28-,29-,30+,32-,33-,34+/m0/s1. The van der Waals surface area contributed by atoms with E-state index in [1.54, 1.807) is 0 Å². The van der Waals surface area contributed by atoms with Crippen molar-refractivity contribution >= 4 is 47.2 Å². The number of carbonyl (C=O) groups is 4. The van der Waals surface area contributed by atoms with Gasteiger partial charge in [0, 0.05) is 16.9 Å². The van der Waals surface area contributed by atoms with Crippen molar-refractivity contribution in [2.75, 3.05) is 17.9 Å². The van der Waals surface area contributed by atoms with E-state index in [1.165, 1.54) is 28.4 Å². The number of aliphatic hydroxyl groups is 2. The molecule has 4 amide bonds. The Balaban J connectivity index is 1.33. The van der Waals surface area contributed by atoms with Crippen LogP contribution in [-0.2, 0) is 38.4 Å². The maximum Gasteiger partial charge on any atom is 0.254 e. The van der Waals surface area contributed by atoms with Gasteiger partial charge in [0.15, 0.2) is 6.10 Å². The molecular formula is C38H46N4O6S2. The Morgan fingerprint density at radius 3 is 2.34 bits per heavy atom. The minimum Gasteiger partial charge on any atom is -0.390 e. The van der Waals surface area contributed by atoms with Gasteiger partial charge in [0.1, 0.15) is 12.1 Å². The fraction of sp³-hybridized carbons (Fsp3) is 0.421. The van der Waals surface area contributed by atoms with Gasteiger partial charge in [-0.1, -0.05) is 84.4 Å². The monoisotopic (exact) mass is 718 g/mol. The van der Waals surface area contributed by atoms with Crippen molar-refractivity contribution in [3.8, 4) is 0 Å². The normalized spacial score (nSPS) is 21.1. The van der Waals surface area contributed by atoms with Gasteiger partial charge in [-0.2, -0.15) is 11.8 Å². The SMILES string of the molecule is CSC[C@H](NC(=O)Cc1ccc(C)cc1)C(=O)N[C@@H](Cc1ccccc1)[C@H](O)C(=O)N1CSC(C)(C)[C@H]1C(=O)N[C@H]1c2ccccc2C[C@H]1O. The van der Waals surface area contributed by atoms with Crippen LogP contribution in [0.1, 0.15) is 47.7 Å². The molecule has 2 aliphatic rings. The highest BCUT2D eigenvalue weighted by Crippen LogP contribution is 2.41. The van der Waals surface area contributed by atoms with Crippen molar-refractivity contribution in [1.29, 1.82) is 0 Å². The third-order valence-electron chi connectivity index (χ3n) is 9.31. The summed E-state index contributed by atoms with van der Waals surface area (Å²) in [6, 6.07) is 20.8. The lowest BCUT2D eigenvalue weighted by atomic mass is 9.96. The summed E-state index contributed by atoms with van der Waals surface area (Å²) in [5.74, 6) is -1.53. The molecule has 10 nitrogen and oxygen atoms in total. The van der Waals surface area contributed by atoms with Gasteiger partial charge in [-0.15, -0.1) is 11.8 Å². The molecule has 3 aromatic rings. The second-order valence-electron chi connectivity index (χ2n) is 13.5. The average molecular weight is 719 g/mol. The number of aliphatic hydroxyl groups excluding tert-OH is 2. The van der Waals surface area contributed by atoms with E-state index in [-0.39, 0.29) is 30.4 Å². The largest absolute Gasteiger partial charge is 0.390 e. The second kappa shape index (κ2) is 16.5. The van der Waals surface area contributed by atoms with Crippen LogP contribution in [0.2, 0.25) is 0 Å². The molecule has 5 rings (SSSR count). The number of nitrogens with zero attached hydrogens (tertiary/aromatic N) is 1. The molecule has 0 spiro atoms. The van der Waals surface area contributed by atoms with Gasteiger partial charge in [0.2, 0.25) is 17.7 Å². The van der Waals surface area contributed by atoms with E-state index in [4.69, 9.17) is 0 Å². The molecule has 1 saturated heterocycles. The molecule has 3 aromatic carbocycles. The summed E-state index contributed by atoms with van der Waals surface area (Å²) in [5.41, 5.74) is 4.48. The lowest BCUT2D eigenvalue weighted by Gasteiger charge is -2.34. The second-order valence-corrected chi connectivity index (χ2v) is 16.0. The Kier molecular flexibility index (Phi) is 12.3. The van der Waals surface area contributed by atoms with E-state index in [2.05, 4.69) is 16.0 Å². The fourth-order valence-corrected chi connectivity index (χ4v) is 8.32. The first-order chi connectivity index (χ1) is 23.9. The number of aryl methyl sites for hydroxylation is 1. The predicted molar refractivity (Wildman–Crippen MR) is 197 cm³/mol. The van der Waals surface area contributed by atoms with E-state index < -0.39 is 58.8 Å². The van der Waals surface area contributed by atoms with Crippen molar-refractivity contribution in [1.82, 2.24) is 20.9 Å². The van der Waals surface area contributed by atoms with E-state index in [9.17, 15) is 29.4 Å². The molecule has 1 heterocycles. The van der Waals surface area contributed by atoms with Crippen LogP contribution in [0.5, 0.6) is 0 Å². The first-order valence-electron chi connectivity index (χ1n) is 16.7. The molecule has 0 bridgehead atoms. The van der Waals surface area contributed by atoms with E-state index in [0.717, 1.165) is 27.8 Å². The summed E-state index contributed by atoms with van der Waals surface area (Å²) < 4.78 is -0.702. The van der Waals surface area contributed by atoms with Crippen LogP contribution in [0.3, 0.4) is 0 Å². The first-order valence-corrected chi connectivity index (χ1v) is 19.1. The summed E-state index contributed by atoms with van der Waals surface area (Å²) in [7, 11) is 0. The molecule has 266 valence electrons. The summed E-state index contributed by atoms with van der Waals surface area (Å²) >= 11 is 2.80. The van der Waals surface area contributed by atoms with Crippen molar-refractivity contribution in [2.45, 2.75) is 81.2 Å². The summed E-state index contributed by atoms with van der Waals surface area (Å²) in [6.45, 7) is 5.71. The van der Waals surface area contributed by atoms with Crippen molar-refractivity contribution < 1.29 is 29.4 Å². The molecule has 1 aliphatic carbocycles. The van der Waals surface area contributed by atoms with Crippen LogP contribution < -0.4 is 16.0 Å². The summed E-state index contributed by atoms with van der Waals surface area (Å²) in [6.07, 6.45) is -0.0266. The highest BCUT2D eigenvalue weighted by Gasteiger charge is 2.51. The van der Waals surface area contributed by atoms with Crippen LogP contribution in [-0.4, -0.2) is 91.7 Å². The van der Waals surface area contributed by atoms with Gasteiger partial charge in [0.05, 0.1) is 30.5 Å². The number of rotatable bonds is 13. The number of fused-ring (bicyclic) bond motifs is 1. The van der Waals surface area contributed by atoms with Crippen LogP contribution in [0.25, 0.3) is 0 Å². The predicted octanol–water partition coefficient (Wildman–Crippen LogP) is 2.93. The minimum atomic E-state index is -1.69. The van der Waals surface area contributed by atoms with Crippen molar-refractivity contribution in [3.05, 3.63) is 107 Å². The zero-order chi connectivity index (χ0) is 36.0. The molecule has 6 atom stereocenters. The first kappa shape index (κ1) is 37.4. The molecule has 0 saturated carbocycles. The zero-order valence-electron chi connectivity index (χ0n) is 28.8. The van der Waals surface area contributed by atoms with Crippen LogP contribution in [0, 0.1) is 6.92 Å². The average Bonchev–Trinajstić information content (AvgIpc) is 3.59. The summed E-state index contributed by atoms with van der Waals surface area (Å²) in [5, 5.41) is 31.2. The number of amides is 4. The minimum absolute atomic E-state index is 0.0995. The maximum atomic E-state index is 14.2. The van der Waals surface area contributed by atoms with Gasteiger partial charge >= 0.3 is 0 Å². The zero-order valence-corrected chi connectivity index (χ0v) is 30.4. The van der Waals surface area contributed by atoms with Gasteiger partial charge in [-0.3, -0.25) is 19.2 Å². The number of benzene rings is 3. The molecule has 0 unspecified atom stereocenters. The van der Waals surface area contributed by atoms with Crippen molar-refractivity contribution in [2.24, 2.45) is 0 Å². The van der Waals surface area contributed by atoms with Crippen LogP contribution in [0.4, 0.5) is 0 Å². The Morgan fingerprint density at radius 1 is 0.960 bits per heavy atom. The van der Waals surface area contributed by atoms with Gasteiger partial charge in [-0.05, 0) is 55.7 Å². The number of nitrogens with one attached hydrogen (secondary N) is 3. The number of carbonyl (C=O) groups excluding carboxylic acids is 4. The smallest absolute Gasteiger partial charge is 0.254 e. The molecular weight excluding hydrogens is 673 g/mol. The molecule has 5 N–H and O–H groups in total. The Hall–Kier alpha value is -3.84. The number of thioether (sulfide) groups is 2.